The topological polar surface area (TPSA) is 52.3 Å². The Balaban J connectivity index is 2.54. The summed E-state index contributed by atoms with van der Waals surface area (Å²) >= 11 is 6.23. The second-order valence-electron chi connectivity index (χ2n) is 5.83. The first-order chi connectivity index (χ1) is 10.9. The fraction of sp³-hybridized carbons (Fsp3) is 0.316. The molecule has 0 aromatic heterocycles. The molecular weight excluding hydrogens is 310 g/mol. The highest BCUT2D eigenvalue weighted by Gasteiger charge is 2.21. The number of halogens is 1. The van der Waals surface area contributed by atoms with Gasteiger partial charge in [-0.2, -0.15) is 0 Å². The Bertz CT molecular complexity index is 693. The Morgan fingerprint density at radius 3 is 2.43 bits per heavy atom. The number of anilines is 1. The molecule has 3 nitrogen and oxygen atoms in total. The minimum absolute atomic E-state index is 0.111. The van der Waals surface area contributed by atoms with Gasteiger partial charge in [0.15, 0.2) is 5.78 Å². The summed E-state index contributed by atoms with van der Waals surface area (Å²) in [5.41, 5.74) is 8.33. The Labute approximate surface area is 142 Å². The summed E-state index contributed by atoms with van der Waals surface area (Å²) in [7, 11) is 0. The first kappa shape index (κ1) is 17.4. The molecule has 0 saturated carbocycles. The lowest BCUT2D eigenvalue weighted by Crippen LogP contribution is -2.09. The summed E-state index contributed by atoms with van der Waals surface area (Å²) in [4.78, 5) is 12.9. The van der Waals surface area contributed by atoms with Gasteiger partial charge in [-0.3, -0.25) is 4.79 Å². The van der Waals surface area contributed by atoms with Crippen molar-refractivity contribution in [3.05, 3.63) is 58.1 Å². The van der Waals surface area contributed by atoms with Crippen molar-refractivity contribution < 1.29 is 9.53 Å². The van der Waals surface area contributed by atoms with E-state index in [1.807, 2.05) is 13.0 Å². The second kappa shape index (κ2) is 7.51. The van der Waals surface area contributed by atoms with Crippen LogP contribution in [0.3, 0.4) is 0 Å². The number of ether oxygens (including phenoxy) is 1. The van der Waals surface area contributed by atoms with Gasteiger partial charge in [0, 0.05) is 16.3 Å². The van der Waals surface area contributed by atoms with Gasteiger partial charge in [-0.05, 0) is 54.3 Å². The zero-order chi connectivity index (χ0) is 17.0. The van der Waals surface area contributed by atoms with Crippen molar-refractivity contribution in [3.63, 3.8) is 0 Å². The molecule has 0 bridgehead atoms. The van der Waals surface area contributed by atoms with Gasteiger partial charge in [0.05, 0.1) is 12.2 Å². The Morgan fingerprint density at radius 2 is 1.87 bits per heavy atom. The van der Waals surface area contributed by atoms with Crippen molar-refractivity contribution in [2.75, 3.05) is 12.3 Å². The largest absolute Gasteiger partial charge is 0.493 e. The van der Waals surface area contributed by atoms with Crippen molar-refractivity contribution in [3.8, 4) is 5.75 Å². The van der Waals surface area contributed by atoms with Crippen molar-refractivity contribution in [2.24, 2.45) is 0 Å². The molecule has 2 aromatic rings. The molecule has 2 aromatic carbocycles. The summed E-state index contributed by atoms with van der Waals surface area (Å²) in [5.74, 6) is 0.729. The normalized spacial score (nSPS) is 10.8. The fourth-order valence-electron chi connectivity index (χ4n) is 2.37. The molecule has 0 aliphatic rings. The zero-order valence-electron chi connectivity index (χ0n) is 13.7. The van der Waals surface area contributed by atoms with Gasteiger partial charge in [0.2, 0.25) is 0 Å². The van der Waals surface area contributed by atoms with Crippen molar-refractivity contribution in [2.45, 2.75) is 33.1 Å². The molecule has 0 aliphatic heterocycles. The van der Waals surface area contributed by atoms with Crippen LogP contribution in [-0.4, -0.2) is 12.4 Å². The number of hydrogen-bond donors (Lipinski definition) is 1. The van der Waals surface area contributed by atoms with Crippen LogP contribution in [0.4, 0.5) is 5.69 Å². The molecule has 0 radical (unpaired) electrons. The van der Waals surface area contributed by atoms with E-state index in [0.717, 1.165) is 12.0 Å². The maximum Gasteiger partial charge on any atom is 0.196 e. The van der Waals surface area contributed by atoms with Crippen molar-refractivity contribution in [1.82, 2.24) is 0 Å². The molecular formula is C19H22ClNO2. The number of hydrogen-bond acceptors (Lipinski definition) is 3. The van der Waals surface area contributed by atoms with E-state index in [1.165, 1.54) is 0 Å². The number of nitrogen functional groups attached to an aromatic ring is 1. The summed E-state index contributed by atoms with van der Waals surface area (Å²) in [6.45, 7) is 6.71. The monoisotopic (exact) mass is 331 g/mol. The molecule has 0 spiro atoms. The number of rotatable bonds is 6. The molecule has 4 heteroatoms. The Morgan fingerprint density at radius 1 is 1.22 bits per heavy atom. The molecule has 0 heterocycles. The van der Waals surface area contributed by atoms with Gasteiger partial charge in [-0.25, -0.2) is 0 Å². The fourth-order valence-corrected chi connectivity index (χ4v) is 2.59. The van der Waals surface area contributed by atoms with Gasteiger partial charge < -0.3 is 10.5 Å². The van der Waals surface area contributed by atoms with Gasteiger partial charge in [-0.15, -0.1) is 0 Å². The molecule has 0 aliphatic carbocycles. The average molecular weight is 332 g/mol. The predicted octanol–water partition coefficient (Wildman–Crippen LogP) is 5.07. The Hall–Kier alpha value is -2.00. The van der Waals surface area contributed by atoms with E-state index < -0.39 is 0 Å². The van der Waals surface area contributed by atoms with Crippen molar-refractivity contribution >= 4 is 23.1 Å². The number of ketones is 1. The summed E-state index contributed by atoms with van der Waals surface area (Å²) < 4.78 is 5.90. The maximum absolute atomic E-state index is 12.9. The van der Waals surface area contributed by atoms with Crippen LogP contribution in [-0.2, 0) is 0 Å². The van der Waals surface area contributed by atoms with Crippen LogP contribution in [0.15, 0.2) is 36.4 Å². The van der Waals surface area contributed by atoms with Crippen LogP contribution in [0.5, 0.6) is 5.75 Å². The maximum atomic E-state index is 12.9. The van der Waals surface area contributed by atoms with Crippen LogP contribution < -0.4 is 10.5 Å². The smallest absolute Gasteiger partial charge is 0.196 e. The molecule has 0 saturated heterocycles. The van der Waals surface area contributed by atoms with Crippen LogP contribution >= 0.6 is 11.6 Å². The van der Waals surface area contributed by atoms with E-state index in [2.05, 4.69) is 13.8 Å². The summed E-state index contributed by atoms with van der Waals surface area (Å²) in [5, 5.41) is 0.538. The van der Waals surface area contributed by atoms with E-state index in [9.17, 15) is 4.79 Å². The minimum atomic E-state index is -0.111. The van der Waals surface area contributed by atoms with E-state index in [1.54, 1.807) is 30.3 Å². The molecule has 2 N–H and O–H groups in total. The van der Waals surface area contributed by atoms with Gasteiger partial charge in [0.1, 0.15) is 5.75 Å². The van der Waals surface area contributed by atoms with E-state index in [4.69, 9.17) is 22.1 Å². The zero-order valence-corrected chi connectivity index (χ0v) is 14.5. The lowest BCUT2D eigenvalue weighted by atomic mass is 9.95. The highest BCUT2D eigenvalue weighted by molar-refractivity contribution is 6.31. The van der Waals surface area contributed by atoms with Crippen LogP contribution in [0.1, 0.15) is 54.6 Å². The second-order valence-corrected chi connectivity index (χ2v) is 6.26. The SMILES string of the molecule is CCCOc1c(C(=O)c2ccc(N)cc2)cc(Cl)cc1C(C)C. The van der Waals surface area contributed by atoms with E-state index in [0.29, 0.717) is 34.2 Å². The third-order valence-electron chi connectivity index (χ3n) is 3.57. The quantitative estimate of drug-likeness (QED) is 0.594. The molecule has 0 atom stereocenters. The molecule has 0 fully saturated rings. The van der Waals surface area contributed by atoms with Crippen molar-refractivity contribution in [1.29, 1.82) is 0 Å². The van der Waals surface area contributed by atoms with Gasteiger partial charge in [0.25, 0.3) is 0 Å². The lowest BCUT2D eigenvalue weighted by Gasteiger charge is -2.18. The molecule has 23 heavy (non-hydrogen) atoms. The number of nitrogens with two attached hydrogens (primary N) is 1. The number of carbonyl (C=O) groups excluding carboxylic acids is 1. The minimum Gasteiger partial charge on any atom is -0.493 e. The average Bonchev–Trinajstić information content (AvgIpc) is 2.53. The Kier molecular flexibility index (Phi) is 5.67. The predicted molar refractivity (Wildman–Crippen MR) is 95.6 cm³/mol. The standard InChI is InChI=1S/C19H22ClNO2/c1-4-9-23-19-16(12(2)3)10-14(20)11-17(19)18(22)13-5-7-15(21)8-6-13/h5-8,10-12H,4,9,21H2,1-3H3. The third kappa shape index (κ3) is 4.05. The highest BCUT2D eigenvalue weighted by atomic mass is 35.5. The lowest BCUT2D eigenvalue weighted by molar-refractivity contribution is 0.103. The third-order valence-corrected chi connectivity index (χ3v) is 3.79. The van der Waals surface area contributed by atoms with E-state index in [-0.39, 0.29) is 11.7 Å². The molecule has 0 unspecified atom stereocenters. The molecule has 2 rings (SSSR count). The molecule has 0 amide bonds. The molecule has 122 valence electrons. The van der Waals surface area contributed by atoms with E-state index >= 15 is 0 Å². The summed E-state index contributed by atoms with van der Waals surface area (Å²) in [6.07, 6.45) is 0.871. The van der Waals surface area contributed by atoms with Gasteiger partial charge >= 0.3 is 0 Å². The number of carbonyl (C=O) groups is 1. The van der Waals surface area contributed by atoms with Crippen LogP contribution in [0, 0.1) is 0 Å². The van der Waals surface area contributed by atoms with Crippen LogP contribution in [0.2, 0.25) is 5.02 Å². The van der Waals surface area contributed by atoms with Crippen LogP contribution in [0.25, 0.3) is 0 Å². The highest BCUT2D eigenvalue weighted by Crippen LogP contribution is 2.35. The summed E-state index contributed by atoms with van der Waals surface area (Å²) in [6, 6.07) is 10.4. The number of benzene rings is 2. The first-order valence-corrected chi connectivity index (χ1v) is 8.18. The first-order valence-electron chi connectivity index (χ1n) is 7.80. The van der Waals surface area contributed by atoms with Gasteiger partial charge in [-0.1, -0.05) is 32.4 Å².